The lowest BCUT2D eigenvalue weighted by molar-refractivity contribution is -0.113. The number of thiophene rings is 1. The molecule has 1 aliphatic carbocycles. The number of thioether (sulfide) groups is 1. The lowest BCUT2D eigenvalue weighted by Crippen LogP contribution is -2.26. The van der Waals surface area contributed by atoms with Crippen molar-refractivity contribution in [1.29, 1.82) is 5.26 Å². The van der Waals surface area contributed by atoms with Crippen LogP contribution in [0.2, 0.25) is 0 Å². The van der Waals surface area contributed by atoms with Crippen LogP contribution >= 0.6 is 23.1 Å². The largest absolute Gasteiger partial charge is 0.497 e. The fourth-order valence-electron chi connectivity index (χ4n) is 4.62. The number of carbonyl (C=O) groups is 1. The number of nitrogens with one attached hydrogen (secondary N) is 1. The van der Waals surface area contributed by atoms with Crippen molar-refractivity contribution < 1.29 is 9.53 Å². The van der Waals surface area contributed by atoms with E-state index in [1.54, 1.807) is 24.5 Å². The van der Waals surface area contributed by atoms with Gasteiger partial charge in [0.05, 0.1) is 18.4 Å². The Kier molecular flexibility index (Phi) is 8.40. The van der Waals surface area contributed by atoms with Crippen LogP contribution in [0.15, 0.2) is 42.1 Å². The predicted octanol–water partition coefficient (Wildman–Crippen LogP) is 5.88. The maximum absolute atomic E-state index is 12.9. The highest BCUT2D eigenvalue weighted by molar-refractivity contribution is 7.99. The number of ether oxygens (including phenoxy) is 1. The molecular weight excluding hydrogens is 502 g/mol. The minimum absolute atomic E-state index is 0.155. The van der Waals surface area contributed by atoms with Gasteiger partial charge in [0.15, 0.2) is 5.16 Å². The van der Waals surface area contributed by atoms with Crippen molar-refractivity contribution in [2.45, 2.75) is 58.2 Å². The number of hydrogen-bond donors (Lipinski definition) is 1. The van der Waals surface area contributed by atoms with Gasteiger partial charge >= 0.3 is 0 Å². The van der Waals surface area contributed by atoms with Crippen LogP contribution in [-0.2, 0) is 30.6 Å². The van der Waals surface area contributed by atoms with E-state index >= 15 is 0 Å². The summed E-state index contributed by atoms with van der Waals surface area (Å²) in [6, 6.07) is 10.2. The summed E-state index contributed by atoms with van der Waals surface area (Å²) in [6.45, 7) is 11.2. The Hall–Kier alpha value is -3.09. The van der Waals surface area contributed by atoms with Crippen molar-refractivity contribution in [3.05, 3.63) is 64.3 Å². The first-order valence-corrected chi connectivity index (χ1v) is 14.2. The number of nitriles is 1. The summed E-state index contributed by atoms with van der Waals surface area (Å²) in [7, 11) is 1.64. The SMILES string of the molecule is C=CCn1c(Cc2ccc(OC)cc2)nnc1SCC(=O)Nc1sc2c(c1C#N)CC[C@H](C(C)(C)C)C2. The fraction of sp³-hybridized carbons (Fsp3) is 0.429. The van der Waals surface area contributed by atoms with Crippen molar-refractivity contribution in [2.75, 3.05) is 18.2 Å². The Bertz CT molecular complexity index is 1310. The van der Waals surface area contributed by atoms with Crippen LogP contribution in [0.3, 0.4) is 0 Å². The molecule has 0 unspecified atom stereocenters. The molecule has 1 atom stereocenters. The molecule has 0 fully saturated rings. The van der Waals surface area contributed by atoms with Crippen LogP contribution in [0.5, 0.6) is 5.75 Å². The van der Waals surface area contributed by atoms with E-state index in [0.29, 0.717) is 34.6 Å². The molecule has 1 aliphatic rings. The Morgan fingerprint density at radius 1 is 1.35 bits per heavy atom. The molecule has 9 heteroatoms. The quantitative estimate of drug-likeness (QED) is 0.272. The molecule has 1 amide bonds. The van der Waals surface area contributed by atoms with Crippen molar-refractivity contribution in [2.24, 2.45) is 11.3 Å². The maximum Gasteiger partial charge on any atom is 0.235 e. The van der Waals surface area contributed by atoms with E-state index in [0.717, 1.165) is 42.0 Å². The number of anilines is 1. The summed E-state index contributed by atoms with van der Waals surface area (Å²) in [5.74, 6) is 2.21. The average Bonchev–Trinajstić information content (AvgIpc) is 3.42. The Morgan fingerprint density at radius 2 is 2.11 bits per heavy atom. The van der Waals surface area contributed by atoms with Crippen LogP contribution < -0.4 is 10.1 Å². The lowest BCUT2D eigenvalue weighted by atomic mass is 9.72. The third-order valence-electron chi connectivity index (χ3n) is 6.81. The van der Waals surface area contributed by atoms with Gasteiger partial charge in [-0.1, -0.05) is 50.7 Å². The fourth-order valence-corrected chi connectivity index (χ4v) is 6.68. The Labute approximate surface area is 226 Å². The van der Waals surface area contributed by atoms with Crippen LogP contribution in [0.25, 0.3) is 0 Å². The second-order valence-corrected chi connectivity index (χ2v) is 12.3. The number of benzene rings is 1. The van der Waals surface area contributed by atoms with E-state index in [4.69, 9.17) is 4.74 Å². The second-order valence-electron chi connectivity index (χ2n) is 10.3. The standard InChI is InChI=1S/C28H33N5O2S2/c1-6-13-33-24(14-18-7-10-20(35-5)11-8-18)31-32-27(33)36-17-25(34)30-26-22(16-29)21-12-9-19(28(2,3)4)15-23(21)37-26/h6-8,10-11,19H,1,9,12-15,17H2,2-5H3,(H,30,34)/t19-/m0/s1. The first-order chi connectivity index (χ1) is 17.7. The molecule has 0 bridgehead atoms. The number of nitrogens with zero attached hydrogens (tertiary/aromatic N) is 4. The van der Waals surface area contributed by atoms with Crippen molar-refractivity contribution >= 4 is 34.0 Å². The minimum atomic E-state index is -0.155. The molecule has 4 rings (SSSR count). The smallest absolute Gasteiger partial charge is 0.235 e. The van der Waals surface area contributed by atoms with Gasteiger partial charge in [-0.05, 0) is 53.9 Å². The van der Waals surface area contributed by atoms with Gasteiger partial charge < -0.3 is 14.6 Å². The number of fused-ring (bicyclic) bond motifs is 1. The zero-order valence-electron chi connectivity index (χ0n) is 21.8. The van der Waals surface area contributed by atoms with Crippen LogP contribution in [0.4, 0.5) is 5.00 Å². The molecular formula is C28H33N5O2S2. The highest BCUT2D eigenvalue weighted by Gasteiger charge is 2.32. The van der Waals surface area contributed by atoms with Crippen molar-refractivity contribution in [3.63, 3.8) is 0 Å². The summed E-state index contributed by atoms with van der Waals surface area (Å²) in [4.78, 5) is 14.1. The first-order valence-electron chi connectivity index (χ1n) is 12.4. The molecule has 0 aliphatic heterocycles. The van der Waals surface area contributed by atoms with Gasteiger partial charge in [0.25, 0.3) is 0 Å². The van der Waals surface area contributed by atoms with Crippen LogP contribution in [-0.4, -0.2) is 33.5 Å². The molecule has 0 saturated carbocycles. The molecule has 1 N–H and O–H groups in total. The number of allylic oxidation sites excluding steroid dienone is 1. The Morgan fingerprint density at radius 3 is 2.76 bits per heavy atom. The van der Waals surface area contributed by atoms with Gasteiger partial charge in [0.2, 0.25) is 5.91 Å². The Balaban J connectivity index is 1.43. The van der Waals surface area contributed by atoms with E-state index in [2.05, 4.69) is 48.9 Å². The van der Waals surface area contributed by atoms with E-state index in [9.17, 15) is 10.1 Å². The number of hydrogen-bond acceptors (Lipinski definition) is 7. The summed E-state index contributed by atoms with van der Waals surface area (Å²) in [6.07, 6.45) is 5.33. The minimum Gasteiger partial charge on any atom is -0.497 e. The number of methoxy groups -OCH3 is 1. The maximum atomic E-state index is 12.9. The lowest BCUT2D eigenvalue weighted by Gasteiger charge is -2.33. The molecule has 1 aromatic carbocycles. The van der Waals surface area contributed by atoms with Crippen molar-refractivity contribution in [3.8, 4) is 11.8 Å². The molecule has 0 radical (unpaired) electrons. The van der Waals surface area contributed by atoms with Gasteiger partial charge in [-0.15, -0.1) is 28.1 Å². The van der Waals surface area contributed by atoms with Gasteiger partial charge in [0.1, 0.15) is 22.6 Å². The normalized spacial score (nSPS) is 15.1. The molecule has 2 heterocycles. The summed E-state index contributed by atoms with van der Waals surface area (Å²) in [5, 5.41) is 22.9. The van der Waals surface area contributed by atoms with Gasteiger partial charge in [-0.25, -0.2) is 0 Å². The number of carbonyl (C=O) groups excluding carboxylic acids is 1. The van der Waals surface area contributed by atoms with Gasteiger partial charge in [-0.2, -0.15) is 5.26 Å². The van der Waals surface area contributed by atoms with E-state index in [-0.39, 0.29) is 17.1 Å². The zero-order chi connectivity index (χ0) is 26.6. The predicted molar refractivity (Wildman–Crippen MR) is 149 cm³/mol. The number of rotatable bonds is 9. The molecule has 0 spiro atoms. The number of amides is 1. The third kappa shape index (κ3) is 6.25. The molecule has 2 aromatic heterocycles. The van der Waals surface area contributed by atoms with Crippen LogP contribution in [0, 0.1) is 22.7 Å². The topological polar surface area (TPSA) is 92.8 Å². The molecule has 194 valence electrons. The average molecular weight is 536 g/mol. The first kappa shape index (κ1) is 27.0. The highest BCUT2D eigenvalue weighted by atomic mass is 32.2. The third-order valence-corrected chi connectivity index (χ3v) is 8.95. The molecule has 37 heavy (non-hydrogen) atoms. The van der Waals surface area contributed by atoms with E-state index in [1.165, 1.54) is 16.6 Å². The van der Waals surface area contributed by atoms with Gasteiger partial charge in [0, 0.05) is 17.8 Å². The highest BCUT2D eigenvalue weighted by Crippen LogP contribution is 2.44. The van der Waals surface area contributed by atoms with Crippen LogP contribution in [0.1, 0.15) is 54.6 Å². The van der Waals surface area contributed by atoms with E-state index in [1.807, 2.05) is 28.8 Å². The second kappa shape index (κ2) is 11.5. The molecule has 0 saturated heterocycles. The molecule has 7 nitrogen and oxygen atoms in total. The summed E-state index contributed by atoms with van der Waals surface area (Å²) < 4.78 is 7.21. The number of aromatic nitrogens is 3. The van der Waals surface area contributed by atoms with Gasteiger partial charge in [-0.3, -0.25) is 4.79 Å². The molecule has 3 aromatic rings. The summed E-state index contributed by atoms with van der Waals surface area (Å²) >= 11 is 2.89. The monoisotopic (exact) mass is 535 g/mol. The van der Waals surface area contributed by atoms with Crippen molar-refractivity contribution in [1.82, 2.24) is 14.8 Å². The van der Waals surface area contributed by atoms with E-state index < -0.39 is 0 Å². The zero-order valence-corrected chi connectivity index (χ0v) is 23.5. The summed E-state index contributed by atoms with van der Waals surface area (Å²) in [5.41, 5.74) is 3.06.